The van der Waals surface area contributed by atoms with Gasteiger partial charge in [0, 0.05) is 11.6 Å². The Morgan fingerprint density at radius 1 is 1.60 bits per heavy atom. The molecule has 0 aromatic carbocycles. The number of halogens is 1. The van der Waals surface area contributed by atoms with E-state index < -0.39 is 0 Å². The molecule has 1 saturated heterocycles. The molecular formula is C7H13ClN2. The molecule has 2 rings (SSSR count). The second-order valence-corrected chi connectivity index (χ2v) is 2.92. The van der Waals surface area contributed by atoms with Crippen molar-refractivity contribution in [1.29, 1.82) is 0 Å². The molecule has 0 amide bonds. The maximum Gasteiger partial charge on any atom is 0.0746 e. The Hall–Kier alpha value is -0.210. The minimum atomic E-state index is 0. The zero-order chi connectivity index (χ0) is 6.27. The summed E-state index contributed by atoms with van der Waals surface area (Å²) in [7, 11) is 0. The van der Waals surface area contributed by atoms with E-state index in [1.807, 2.05) is 0 Å². The van der Waals surface area contributed by atoms with Crippen molar-refractivity contribution in [2.75, 3.05) is 0 Å². The average Bonchev–Trinajstić information content (AvgIpc) is 2.22. The maximum absolute atomic E-state index is 5.67. The van der Waals surface area contributed by atoms with Gasteiger partial charge in [0.25, 0.3) is 0 Å². The van der Waals surface area contributed by atoms with Crippen molar-refractivity contribution in [3.05, 3.63) is 11.8 Å². The standard InChI is InChI=1S/C7H12N2.ClH/c8-7-4-5-2-1-3-6(5)9-7;/h3,5,7,9H,1-2,4,8H2;1H. The molecule has 1 heterocycles. The van der Waals surface area contributed by atoms with E-state index in [-0.39, 0.29) is 18.6 Å². The molecule has 1 fully saturated rings. The highest BCUT2D eigenvalue weighted by atomic mass is 35.5. The average molecular weight is 161 g/mol. The number of fused-ring (bicyclic) bond motifs is 1. The van der Waals surface area contributed by atoms with Gasteiger partial charge in [-0.25, -0.2) is 0 Å². The summed E-state index contributed by atoms with van der Waals surface area (Å²) in [5.74, 6) is 0.778. The van der Waals surface area contributed by atoms with Crippen molar-refractivity contribution >= 4 is 12.4 Å². The van der Waals surface area contributed by atoms with Gasteiger partial charge >= 0.3 is 0 Å². The first-order valence-corrected chi connectivity index (χ1v) is 3.58. The van der Waals surface area contributed by atoms with Crippen LogP contribution in [0, 0.1) is 5.92 Å². The Labute approximate surface area is 67.3 Å². The molecule has 10 heavy (non-hydrogen) atoms. The first-order valence-electron chi connectivity index (χ1n) is 3.58. The lowest BCUT2D eigenvalue weighted by atomic mass is 10.1. The predicted octanol–water partition coefficient (Wildman–Crippen LogP) is 0.980. The molecule has 0 aromatic rings. The molecule has 0 bridgehead atoms. The monoisotopic (exact) mass is 160 g/mol. The summed E-state index contributed by atoms with van der Waals surface area (Å²) in [5, 5.41) is 3.25. The summed E-state index contributed by atoms with van der Waals surface area (Å²) >= 11 is 0. The van der Waals surface area contributed by atoms with Crippen LogP contribution in [0.3, 0.4) is 0 Å². The third-order valence-electron chi connectivity index (χ3n) is 2.21. The van der Waals surface area contributed by atoms with Crippen LogP contribution >= 0.6 is 12.4 Å². The lowest BCUT2D eigenvalue weighted by molar-refractivity contribution is 0.558. The largest absolute Gasteiger partial charge is 0.373 e. The number of nitrogens with one attached hydrogen (secondary N) is 1. The molecule has 0 spiro atoms. The highest BCUT2D eigenvalue weighted by Crippen LogP contribution is 2.31. The number of hydrogen-bond donors (Lipinski definition) is 2. The molecule has 0 saturated carbocycles. The highest BCUT2D eigenvalue weighted by molar-refractivity contribution is 5.85. The van der Waals surface area contributed by atoms with Crippen LogP contribution in [-0.2, 0) is 0 Å². The maximum atomic E-state index is 5.67. The molecule has 2 unspecified atom stereocenters. The molecule has 2 atom stereocenters. The number of rotatable bonds is 0. The topological polar surface area (TPSA) is 38.0 Å². The van der Waals surface area contributed by atoms with Crippen molar-refractivity contribution in [2.45, 2.75) is 25.4 Å². The summed E-state index contributed by atoms with van der Waals surface area (Å²) in [6.45, 7) is 0. The molecule has 1 aliphatic heterocycles. The fourth-order valence-electron chi connectivity index (χ4n) is 1.76. The second-order valence-electron chi connectivity index (χ2n) is 2.92. The van der Waals surface area contributed by atoms with Gasteiger partial charge in [-0.2, -0.15) is 0 Å². The third kappa shape index (κ3) is 1.13. The van der Waals surface area contributed by atoms with E-state index >= 15 is 0 Å². The van der Waals surface area contributed by atoms with Crippen molar-refractivity contribution in [3.63, 3.8) is 0 Å². The van der Waals surface area contributed by atoms with E-state index in [4.69, 9.17) is 5.73 Å². The number of allylic oxidation sites excluding steroid dienone is 2. The molecule has 0 aromatic heterocycles. The molecular weight excluding hydrogens is 148 g/mol. The molecule has 2 nitrogen and oxygen atoms in total. The molecule has 0 radical (unpaired) electrons. The summed E-state index contributed by atoms with van der Waals surface area (Å²) < 4.78 is 0. The summed E-state index contributed by atoms with van der Waals surface area (Å²) in [5.41, 5.74) is 7.08. The molecule has 58 valence electrons. The van der Waals surface area contributed by atoms with E-state index in [2.05, 4.69) is 11.4 Å². The Kier molecular flexibility index (Phi) is 2.21. The normalized spacial score (nSPS) is 35.9. The SMILES string of the molecule is Cl.NC1CC2CCC=C2N1. The Bertz CT molecular complexity index is 156. The van der Waals surface area contributed by atoms with Gasteiger partial charge in [-0.05, 0) is 19.3 Å². The summed E-state index contributed by atoms with van der Waals surface area (Å²) in [6, 6.07) is 0. The van der Waals surface area contributed by atoms with Crippen LogP contribution in [0.4, 0.5) is 0 Å². The van der Waals surface area contributed by atoms with Gasteiger partial charge in [-0.1, -0.05) is 6.08 Å². The number of hydrogen-bond acceptors (Lipinski definition) is 2. The Morgan fingerprint density at radius 2 is 2.40 bits per heavy atom. The van der Waals surface area contributed by atoms with Gasteiger partial charge in [0.05, 0.1) is 6.17 Å². The van der Waals surface area contributed by atoms with Gasteiger partial charge in [0.15, 0.2) is 0 Å². The molecule has 2 aliphatic rings. The van der Waals surface area contributed by atoms with E-state index in [9.17, 15) is 0 Å². The first-order chi connectivity index (χ1) is 4.36. The zero-order valence-corrected chi connectivity index (χ0v) is 6.66. The zero-order valence-electron chi connectivity index (χ0n) is 5.84. The highest BCUT2D eigenvalue weighted by Gasteiger charge is 2.28. The Balaban J connectivity index is 0.000000500. The smallest absolute Gasteiger partial charge is 0.0746 e. The van der Waals surface area contributed by atoms with E-state index in [1.165, 1.54) is 18.5 Å². The van der Waals surface area contributed by atoms with Crippen LogP contribution in [0.15, 0.2) is 11.8 Å². The van der Waals surface area contributed by atoms with E-state index in [0.717, 1.165) is 12.3 Å². The van der Waals surface area contributed by atoms with Crippen molar-refractivity contribution < 1.29 is 0 Å². The fraction of sp³-hybridized carbons (Fsp3) is 0.714. The van der Waals surface area contributed by atoms with Gasteiger partial charge in [0.2, 0.25) is 0 Å². The molecule has 3 heteroatoms. The summed E-state index contributed by atoms with van der Waals surface area (Å²) in [6.07, 6.45) is 6.22. The van der Waals surface area contributed by atoms with Crippen molar-refractivity contribution in [2.24, 2.45) is 11.7 Å². The van der Waals surface area contributed by atoms with E-state index in [1.54, 1.807) is 0 Å². The fourth-order valence-corrected chi connectivity index (χ4v) is 1.76. The van der Waals surface area contributed by atoms with Gasteiger partial charge < -0.3 is 11.1 Å². The minimum Gasteiger partial charge on any atom is -0.373 e. The van der Waals surface area contributed by atoms with Crippen LogP contribution in [-0.4, -0.2) is 6.17 Å². The van der Waals surface area contributed by atoms with Gasteiger partial charge in [0.1, 0.15) is 0 Å². The third-order valence-corrected chi connectivity index (χ3v) is 2.21. The lowest BCUT2D eigenvalue weighted by Crippen LogP contribution is -2.29. The summed E-state index contributed by atoms with van der Waals surface area (Å²) in [4.78, 5) is 0. The van der Waals surface area contributed by atoms with Crippen molar-refractivity contribution in [1.82, 2.24) is 5.32 Å². The quantitative estimate of drug-likeness (QED) is 0.555. The van der Waals surface area contributed by atoms with Gasteiger partial charge in [-0.3, -0.25) is 0 Å². The second kappa shape index (κ2) is 2.81. The lowest BCUT2D eigenvalue weighted by Gasteiger charge is -2.00. The van der Waals surface area contributed by atoms with Crippen LogP contribution in [0.25, 0.3) is 0 Å². The van der Waals surface area contributed by atoms with Crippen LogP contribution in [0.5, 0.6) is 0 Å². The minimum absolute atomic E-state index is 0. The van der Waals surface area contributed by atoms with E-state index in [0.29, 0.717) is 0 Å². The van der Waals surface area contributed by atoms with Crippen LogP contribution < -0.4 is 11.1 Å². The van der Waals surface area contributed by atoms with Gasteiger partial charge in [-0.15, -0.1) is 12.4 Å². The Morgan fingerprint density at radius 3 is 3.10 bits per heavy atom. The predicted molar refractivity (Wildman–Crippen MR) is 43.8 cm³/mol. The first kappa shape index (κ1) is 7.89. The molecule has 3 N–H and O–H groups in total. The van der Waals surface area contributed by atoms with Crippen molar-refractivity contribution in [3.8, 4) is 0 Å². The molecule has 1 aliphatic carbocycles. The number of nitrogens with two attached hydrogens (primary N) is 1. The van der Waals surface area contributed by atoms with Crippen LogP contribution in [0.1, 0.15) is 19.3 Å². The van der Waals surface area contributed by atoms with Crippen LogP contribution in [0.2, 0.25) is 0 Å².